The van der Waals surface area contributed by atoms with Gasteiger partial charge in [-0.05, 0) is 67.9 Å². The molecule has 0 radical (unpaired) electrons. The number of esters is 1. The summed E-state index contributed by atoms with van der Waals surface area (Å²) in [6, 6.07) is 17.3. The van der Waals surface area contributed by atoms with Gasteiger partial charge in [0.2, 0.25) is 0 Å². The van der Waals surface area contributed by atoms with E-state index >= 15 is 0 Å². The SMILES string of the molecule is CCOC(=O)C1=C(C)N=c2s/c(=C/c3ccc(-c4ccc(Cl)cc4)o3)c(=O)n2C1c1ccc(Cl)cc1. The van der Waals surface area contributed by atoms with E-state index < -0.39 is 12.0 Å². The zero-order valence-electron chi connectivity index (χ0n) is 19.3. The number of aromatic nitrogens is 1. The Bertz CT molecular complexity index is 1660. The number of thiazole rings is 1. The third-order valence-electron chi connectivity index (χ3n) is 5.73. The number of fused-ring (bicyclic) bond motifs is 1. The van der Waals surface area contributed by atoms with Crippen LogP contribution in [-0.2, 0) is 9.53 Å². The molecule has 5 rings (SSSR count). The van der Waals surface area contributed by atoms with E-state index in [9.17, 15) is 9.59 Å². The van der Waals surface area contributed by atoms with Gasteiger partial charge in [-0.25, -0.2) is 9.79 Å². The van der Waals surface area contributed by atoms with E-state index in [0.717, 1.165) is 11.1 Å². The van der Waals surface area contributed by atoms with Crippen LogP contribution in [0.1, 0.15) is 31.2 Å². The minimum absolute atomic E-state index is 0.210. The summed E-state index contributed by atoms with van der Waals surface area (Å²) in [7, 11) is 0. The van der Waals surface area contributed by atoms with Crippen LogP contribution in [0.15, 0.2) is 86.1 Å². The first-order valence-electron chi connectivity index (χ1n) is 11.2. The molecule has 4 aromatic rings. The molecule has 36 heavy (non-hydrogen) atoms. The molecule has 0 saturated carbocycles. The lowest BCUT2D eigenvalue weighted by Gasteiger charge is -2.24. The third kappa shape index (κ3) is 4.57. The molecule has 0 amide bonds. The monoisotopic (exact) mass is 538 g/mol. The number of hydrogen-bond acceptors (Lipinski definition) is 6. The van der Waals surface area contributed by atoms with Gasteiger partial charge in [-0.15, -0.1) is 0 Å². The van der Waals surface area contributed by atoms with Crippen molar-refractivity contribution in [3.05, 3.63) is 113 Å². The molecule has 3 heterocycles. The average Bonchev–Trinajstić information content (AvgIpc) is 3.44. The molecule has 1 aliphatic rings. The smallest absolute Gasteiger partial charge is 0.338 e. The predicted molar refractivity (Wildman–Crippen MR) is 141 cm³/mol. The van der Waals surface area contributed by atoms with Crippen LogP contribution in [0.25, 0.3) is 17.4 Å². The topological polar surface area (TPSA) is 73.8 Å². The molecule has 0 aliphatic carbocycles. The van der Waals surface area contributed by atoms with Crippen molar-refractivity contribution in [1.29, 1.82) is 0 Å². The molecule has 182 valence electrons. The fourth-order valence-corrected chi connectivity index (χ4v) is 5.36. The number of benzene rings is 2. The van der Waals surface area contributed by atoms with Gasteiger partial charge in [0, 0.05) is 21.7 Å². The summed E-state index contributed by atoms with van der Waals surface area (Å²) in [5, 5.41) is 1.19. The van der Waals surface area contributed by atoms with Crippen molar-refractivity contribution >= 4 is 46.6 Å². The Morgan fingerprint density at radius 2 is 1.75 bits per heavy atom. The van der Waals surface area contributed by atoms with E-state index in [2.05, 4.69) is 4.99 Å². The minimum atomic E-state index is -0.694. The number of halogens is 2. The van der Waals surface area contributed by atoms with E-state index in [4.69, 9.17) is 32.4 Å². The molecule has 1 aliphatic heterocycles. The molecule has 1 atom stereocenters. The first-order valence-corrected chi connectivity index (χ1v) is 12.7. The number of nitrogens with zero attached hydrogens (tertiary/aromatic N) is 2. The van der Waals surface area contributed by atoms with Gasteiger partial charge < -0.3 is 9.15 Å². The molecule has 2 aromatic heterocycles. The third-order valence-corrected chi connectivity index (χ3v) is 7.22. The highest BCUT2D eigenvalue weighted by Gasteiger charge is 2.33. The quantitative estimate of drug-likeness (QED) is 0.320. The van der Waals surface area contributed by atoms with E-state index in [1.807, 2.05) is 18.2 Å². The van der Waals surface area contributed by atoms with Gasteiger partial charge in [0.15, 0.2) is 4.80 Å². The summed E-state index contributed by atoms with van der Waals surface area (Å²) in [4.78, 5) is 31.6. The Morgan fingerprint density at radius 1 is 1.08 bits per heavy atom. The van der Waals surface area contributed by atoms with E-state index in [1.165, 1.54) is 15.9 Å². The summed E-state index contributed by atoms with van der Waals surface area (Å²) in [6.07, 6.45) is 1.69. The predicted octanol–water partition coefficient (Wildman–Crippen LogP) is 5.37. The van der Waals surface area contributed by atoms with Crippen LogP contribution in [-0.4, -0.2) is 17.1 Å². The largest absolute Gasteiger partial charge is 0.463 e. The molecular formula is C27H20Cl2N2O4S. The Labute approximate surface area is 220 Å². The van der Waals surface area contributed by atoms with Crippen LogP contribution < -0.4 is 14.9 Å². The van der Waals surface area contributed by atoms with Crippen molar-refractivity contribution in [2.75, 3.05) is 6.61 Å². The van der Waals surface area contributed by atoms with Gasteiger partial charge in [0.1, 0.15) is 11.5 Å². The summed E-state index contributed by atoms with van der Waals surface area (Å²) in [5.74, 6) is 0.673. The second-order valence-electron chi connectivity index (χ2n) is 8.06. The zero-order chi connectivity index (χ0) is 25.4. The number of furan rings is 1. The van der Waals surface area contributed by atoms with Gasteiger partial charge in [0.05, 0.1) is 28.5 Å². The molecule has 0 fully saturated rings. The Morgan fingerprint density at radius 3 is 2.42 bits per heavy atom. The van der Waals surface area contributed by atoms with Gasteiger partial charge in [-0.3, -0.25) is 9.36 Å². The number of carbonyl (C=O) groups excluding carboxylic acids is 1. The highest BCUT2D eigenvalue weighted by molar-refractivity contribution is 7.07. The molecular weight excluding hydrogens is 519 g/mol. The van der Waals surface area contributed by atoms with Crippen LogP contribution in [0.3, 0.4) is 0 Å². The van der Waals surface area contributed by atoms with Crippen LogP contribution in [0.5, 0.6) is 0 Å². The first-order chi connectivity index (χ1) is 17.4. The molecule has 2 aromatic carbocycles. The fraction of sp³-hybridized carbons (Fsp3) is 0.148. The van der Waals surface area contributed by atoms with E-state index in [0.29, 0.717) is 42.2 Å². The van der Waals surface area contributed by atoms with Crippen LogP contribution in [0.4, 0.5) is 0 Å². The first kappa shape index (κ1) is 24.3. The number of carbonyl (C=O) groups is 1. The lowest BCUT2D eigenvalue weighted by molar-refractivity contribution is -0.139. The van der Waals surface area contributed by atoms with Crippen molar-refractivity contribution in [1.82, 2.24) is 4.57 Å². The minimum Gasteiger partial charge on any atom is -0.463 e. The normalized spacial score (nSPS) is 15.6. The van der Waals surface area contributed by atoms with Gasteiger partial charge in [-0.2, -0.15) is 0 Å². The Kier molecular flexibility index (Phi) is 6.71. The molecule has 0 saturated heterocycles. The molecule has 0 N–H and O–H groups in total. The molecule has 0 spiro atoms. The highest BCUT2D eigenvalue weighted by atomic mass is 35.5. The van der Waals surface area contributed by atoms with Crippen molar-refractivity contribution in [3.63, 3.8) is 0 Å². The lowest BCUT2D eigenvalue weighted by Crippen LogP contribution is -2.39. The van der Waals surface area contributed by atoms with Gasteiger partial charge in [0.25, 0.3) is 5.56 Å². The van der Waals surface area contributed by atoms with Crippen molar-refractivity contribution in [2.24, 2.45) is 4.99 Å². The fourth-order valence-electron chi connectivity index (χ4n) is 4.08. The van der Waals surface area contributed by atoms with Crippen LogP contribution in [0, 0.1) is 0 Å². The second-order valence-corrected chi connectivity index (χ2v) is 9.94. The Balaban J connectivity index is 1.63. The lowest BCUT2D eigenvalue weighted by atomic mass is 9.96. The van der Waals surface area contributed by atoms with Crippen molar-refractivity contribution < 1.29 is 13.9 Å². The van der Waals surface area contributed by atoms with Crippen LogP contribution >= 0.6 is 34.5 Å². The summed E-state index contributed by atoms with van der Waals surface area (Å²) in [5.41, 5.74) is 2.15. The number of hydrogen-bond donors (Lipinski definition) is 0. The van der Waals surface area contributed by atoms with E-state index in [1.54, 1.807) is 62.4 Å². The molecule has 1 unspecified atom stereocenters. The number of rotatable bonds is 5. The van der Waals surface area contributed by atoms with Crippen LogP contribution in [0.2, 0.25) is 10.0 Å². The van der Waals surface area contributed by atoms with E-state index in [-0.39, 0.29) is 12.2 Å². The van der Waals surface area contributed by atoms with Crippen molar-refractivity contribution in [2.45, 2.75) is 19.9 Å². The molecule has 6 nitrogen and oxygen atoms in total. The van der Waals surface area contributed by atoms with Gasteiger partial charge >= 0.3 is 5.97 Å². The summed E-state index contributed by atoms with van der Waals surface area (Å²) >= 11 is 13.3. The summed E-state index contributed by atoms with van der Waals surface area (Å²) in [6.45, 7) is 3.70. The van der Waals surface area contributed by atoms with Crippen molar-refractivity contribution in [3.8, 4) is 11.3 Å². The maximum absolute atomic E-state index is 13.6. The number of allylic oxidation sites excluding steroid dienone is 1. The maximum atomic E-state index is 13.6. The second kappa shape index (κ2) is 9.93. The molecule has 0 bridgehead atoms. The molecule has 9 heteroatoms. The summed E-state index contributed by atoms with van der Waals surface area (Å²) < 4.78 is 13.2. The highest BCUT2D eigenvalue weighted by Crippen LogP contribution is 2.31. The number of ether oxygens (including phenoxy) is 1. The average molecular weight is 539 g/mol. The zero-order valence-corrected chi connectivity index (χ0v) is 21.7. The Hall–Kier alpha value is -3.39. The maximum Gasteiger partial charge on any atom is 0.338 e. The standard InChI is InChI=1S/C27H20Cl2N2O4S/c1-3-34-26(33)23-15(2)30-27-31(24(23)17-6-10-19(29)11-7-17)25(32)22(36-27)14-20-12-13-21(35-20)16-4-8-18(28)9-5-16/h4-14,24H,3H2,1-2H3/b22-14+. The van der Waals surface area contributed by atoms with Gasteiger partial charge in [-0.1, -0.05) is 46.7 Å².